The molecule has 0 aromatic carbocycles. The number of carbonyl (C=O) groups excluding carboxylic acids is 1. The van der Waals surface area contributed by atoms with Crippen LogP contribution in [0.25, 0.3) is 0 Å². The molecular weight excluding hydrogens is 166 g/mol. The standard InChI is InChI=1S/C9H19N3O/c1-4-6-11-9(13)8(2)12(3)7-5-10/h4,8H,1,5-7,10H2,2-3H3,(H,11,13). The van der Waals surface area contributed by atoms with Crippen molar-refractivity contribution in [2.75, 3.05) is 26.7 Å². The topological polar surface area (TPSA) is 58.4 Å². The van der Waals surface area contributed by atoms with Crippen LogP contribution in [-0.4, -0.2) is 43.5 Å². The molecule has 0 bridgehead atoms. The molecule has 0 saturated carbocycles. The third-order valence-corrected chi connectivity index (χ3v) is 1.94. The Kier molecular flexibility index (Phi) is 6.18. The summed E-state index contributed by atoms with van der Waals surface area (Å²) in [6.07, 6.45) is 1.66. The Labute approximate surface area is 79.8 Å². The molecule has 0 spiro atoms. The van der Waals surface area contributed by atoms with E-state index in [0.717, 1.165) is 6.54 Å². The minimum atomic E-state index is -0.136. The van der Waals surface area contributed by atoms with E-state index in [1.165, 1.54) is 0 Å². The van der Waals surface area contributed by atoms with E-state index in [2.05, 4.69) is 11.9 Å². The van der Waals surface area contributed by atoms with Crippen LogP contribution < -0.4 is 11.1 Å². The molecule has 0 aliphatic heterocycles. The number of carbonyl (C=O) groups is 1. The quantitative estimate of drug-likeness (QED) is 0.552. The van der Waals surface area contributed by atoms with Gasteiger partial charge in [0.25, 0.3) is 0 Å². The molecule has 0 saturated heterocycles. The molecule has 0 radical (unpaired) electrons. The van der Waals surface area contributed by atoms with Crippen LogP contribution in [0.3, 0.4) is 0 Å². The molecule has 0 aromatic rings. The summed E-state index contributed by atoms with van der Waals surface area (Å²) in [7, 11) is 1.88. The number of nitrogens with zero attached hydrogens (tertiary/aromatic N) is 1. The lowest BCUT2D eigenvalue weighted by Gasteiger charge is -2.22. The van der Waals surface area contributed by atoms with E-state index < -0.39 is 0 Å². The highest BCUT2D eigenvalue weighted by Crippen LogP contribution is 1.93. The maximum absolute atomic E-state index is 11.4. The Balaban J connectivity index is 3.85. The van der Waals surface area contributed by atoms with Crippen molar-refractivity contribution in [1.29, 1.82) is 0 Å². The average molecular weight is 185 g/mol. The second-order valence-corrected chi connectivity index (χ2v) is 2.98. The minimum absolute atomic E-state index is 0.0100. The number of hydrogen-bond acceptors (Lipinski definition) is 3. The molecule has 76 valence electrons. The lowest BCUT2D eigenvalue weighted by molar-refractivity contribution is -0.125. The largest absolute Gasteiger partial charge is 0.351 e. The molecule has 1 atom stereocenters. The fraction of sp³-hybridized carbons (Fsp3) is 0.667. The van der Waals surface area contributed by atoms with Crippen molar-refractivity contribution in [3.05, 3.63) is 12.7 Å². The second-order valence-electron chi connectivity index (χ2n) is 2.98. The SMILES string of the molecule is C=CCNC(=O)C(C)N(C)CCN. The molecule has 1 unspecified atom stereocenters. The number of nitrogens with one attached hydrogen (secondary N) is 1. The molecule has 13 heavy (non-hydrogen) atoms. The highest BCUT2D eigenvalue weighted by Gasteiger charge is 2.15. The highest BCUT2D eigenvalue weighted by atomic mass is 16.2. The van der Waals surface area contributed by atoms with Crippen LogP contribution in [0.2, 0.25) is 0 Å². The molecule has 0 rings (SSSR count). The van der Waals surface area contributed by atoms with Crippen LogP contribution in [-0.2, 0) is 4.79 Å². The van der Waals surface area contributed by atoms with Crippen molar-refractivity contribution < 1.29 is 4.79 Å². The maximum atomic E-state index is 11.4. The summed E-state index contributed by atoms with van der Waals surface area (Å²) in [6, 6.07) is -0.136. The van der Waals surface area contributed by atoms with Crippen LogP contribution in [0.15, 0.2) is 12.7 Å². The summed E-state index contributed by atoms with van der Waals surface area (Å²) in [5.41, 5.74) is 5.38. The van der Waals surface area contributed by atoms with E-state index in [-0.39, 0.29) is 11.9 Å². The minimum Gasteiger partial charge on any atom is -0.351 e. The van der Waals surface area contributed by atoms with Crippen LogP contribution in [0.5, 0.6) is 0 Å². The van der Waals surface area contributed by atoms with Crippen molar-refractivity contribution in [2.45, 2.75) is 13.0 Å². The predicted octanol–water partition coefficient (Wildman–Crippen LogP) is -0.432. The Morgan fingerprint density at radius 3 is 2.85 bits per heavy atom. The van der Waals surface area contributed by atoms with Gasteiger partial charge in [0.2, 0.25) is 5.91 Å². The van der Waals surface area contributed by atoms with Crippen molar-refractivity contribution in [3.8, 4) is 0 Å². The van der Waals surface area contributed by atoms with Gasteiger partial charge in [-0.3, -0.25) is 9.69 Å². The summed E-state index contributed by atoms with van der Waals surface area (Å²) in [4.78, 5) is 13.3. The van der Waals surface area contributed by atoms with Crippen LogP contribution in [0, 0.1) is 0 Å². The molecule has 0 heterocycles. The van der Waals surface area contributed by atoms with Crippen molar-refractivity contribution >= 4 is 5.91 Å². The van der Waals surface area contributed by atoms with Crippen LogP contribution >= 0.6 is 0 Å². The van der Waals surface area contributed by atoms with Gasteiger partial charge in [-0.1, -0.05) is 6.08 Å². The third kappa shape index (κ3) is 4.65. The van der Waals surface area contributed by atoms with Gasteiger partial charge in [0.15, 0.2) is 0 Å². The predicted molar refractivity (Wildman–Crippen MR) is 54.4 cm³/mol. The van der Waals surface area contributed by atoms with Gasteiger partial charge >= 0.3 is 0 Å². The Morgan fingerprint density at radius 2 is 2.38 bits per heavy atom. The van der Waals surface area contributed by atoms with Gasteiger partial charge < -0.3 is 11.1 Å². The van der Waals surface area contributed by atoms with Crippen molar-refractivity contribution in [2.24, 2.45) is 5.73 Å². The monoisotopic (exact) mass is 185 g/mol. The molecule has 4 heteroatoms. The lowest BCUT2D eigenvalue weighted by atomic mass is 10.2. The number of likely N-dealkylation sites (N-methyl/N-ethyl adjacent to an activating group) is 1. The molecule has 0 aromatic heterocycles. The molecule has 4 nitrogen and oxygen atoms in total. The van der Waals surface area contributed by atoms with E-state index in [1.54, 1.807) is 6.08 Å². The van der Waals surface area contributed by atoms with Gasteiger partial charge in [0, 0.05) is 19.6 Å². The third-order valence-electron chi connectivity index (χ3n) is 1.94. The second kappa shape index (κ2) is 6.62. The number of nitrogens with two attached hydrogens (primary N) is 1. The summed E-state index contributed by atoms with van der Waals surface area (Å²) < 4.78 is 0. The summed E-state index contributed by atoms with van der Waals surface area (Å²) in [5, 5.41) is 2.73. The van der Waals surface area contributed by atoms with E-state index in [1.807, 2.05) is 18.9 Å². The normalized spacial score (nSPS) is 12.6. The molecular formula is C9H19N3O. The zero-order valence-corrected chi connectivity index (χ0v) is 8.42. The number of rotatable bonds is 6. The first kappa shape index (κ1) is 12.1. The molecule has 0 fully saturated rings. The first-order valence-corrected chi connectivity index (χ1v) is 4.42. The van der Waals surface area contributed by atoms with E-state index in [9.17, 15) is 4.79 Å². The first-order valence-electron chi connectivity index (χ1n) is 4.42. The summed E-state index contributed by atoms with van der Waals surface area (Å²) in [6.45, 7) is 7.18. The van der Waals surface area contributed by atoms with Crippen LogP contribution in [0.1, 0.15) is 6.92 Å². The summed E-state index contributed by atoms with van der Waals surface area (Å²) >= 11 is 0. The van der Waals surface area contributed by atoms with Gasteiger partial charge in [-0.15, -0.1) is 6.58 Å². The van der Waals surface area contributed by atoms with Gasteiger partial charge in [-0.25, -0.2) is 0 Å². The zero-order chi connectivity index (χ0) is 10.3. The number of hydrogen-bond donors (Lipinski definition) is 2. The fourth-order valence-electron chi connectivity index (χ4n) is 0.918. The van der Waals surface area contributed by atoms with Crippen molar-refractivity contribution in [1.82, 2.24) is 10.2 Å². The summed E-state index contributed by atoms with van der Waals surface area (Å²) in [5.74, 6) is 0.0100. The van der Waals surface area contributed by atoms with E-state index in [0.29, 0.717) is 13.1 Å². The smallest absolute Gasteiger partial charge is 0.237 e. The Morgan fingerprint density at radius 1 is 1.77 bits per heavy atom. The maximum Gasteiger partial charge on any atom is 0.237 e. The molecule has 0 aliphatic carbocycles. The fourth-order valence-corrected chi connectivity index (χ4v) is 0.918. The van der Waals surface area contributed by atoms with Crippen molar-refractivity contribution in [3.63, 3.8) is 0 Å². The van der Waals surface area contributed by atoms with E-state index in [4.69, 9.17) is 5.73 Å². The zero-order valence-electron chi connectivity index (χ0n) is 8.42. The van der Waals surface area contributed by atoms with Gasteiger partial charge in [-0.05, 0) is 14.0 Å². The molecule has 1 amide bonds. The average Bonchev–Trinajstić information content (AvgIpc) is 2.13. The van der Waals surface area contributed by atoms with Gasteiger partial charge in [0.05, 0.1) is 6.04 Å². The van der Waals surface area contributed by atoms with Gasteiger partial charge in [0.1, 0.15) is 0 Å². The Bertz CT molecular complexity index is 170. The van der Waals surface area contributed by atoms with E-state index >= 15 is 0 Å². The van der Waals surface area contributed by atoms with Gasteiger partial charge in [-0.2, -0.15) is 0 Å². The lowest BCUT2D eigenvalue weighted by Crippen LogP contribution is -2.44. The first-order chi connectivity index (χ1) is 6.13. The molecule has 3 N–H and O–H groups in total. The highest BCUT2D eigenvalue weighted by molar-refractivity contribution is 5.81. The Hall–Kier alpha value is -0.870. The molecule has 0 aliphatic rings. The van der Waals surface area contributed by atoms with Crippen LogP contribution in [0.4, 0.5) is 0 Å². The number of amides is 1.